The first kappa shape index (κ1) is 24.3. The molecule has 0 aliphatic carbocycles. The maximum atomic E-state index is 13.4. The van der Waals surface area contributed by atoms with E-state index in [0.717, 1.165) is 16.8 Å². The van der Waals surface area contributed by atoms with E-state index in [9.17, 15) is 18.0 Å². The van der Waals surface area contributed by atoms with Gasteiger partial charge in [-0.2, -0.15) is 13.2 Å². The summed E-state index contributed by atoms with van der Waals surface area (Å²) >= 11 is 1.32. The van der Waals surface area contributed by atoms with Crippen LogP contribution in [0, 0.1) is 0 Å². The number of nitrogens with two attached hydrogens (primary N) is 1. The Morgan fingerprint density at radius 3 is 2.57 bits per heavy atom. The number of nitrogens with zero attached hydrogens (tertiary/aromatic N) is 2. The molecule has 0 aliphatic rings. The van der Waals surface area contributed by atoms with Crippen LogP contribution in [0.15, 0.2) is 54.9 Å². The van der Waals surface area contributed by atoms with Crippen LogP contribution in [0.2, 0.25) is 0 Å². The number of alkyl halides is 3. The van der Waals surface area contributed by atoms with Crippen molar-refractivity contribution in [3.63, 3.8) is 0 Å². The number of thiazole rings is 1. The second-order valence-electron chi connectivity index (χ2n) is 8.55. The van der Waals surface area contributed by atoms with Crippen molar-refractivity contribution in [2.24, 2.45) is 0 Å². The highest BCUT2D eigenvalue weighted by atomic mass is 32.1. The number of anilines is 2. The van der Waals surface area contributed by atoms with Crippen LogP contribution >= 0.6 is 11.3 Å². The van der Waals surface area contributed by atoms with Crippen LogP contribution in [0.5, 0.6) is 11.5 Å². The van der Waals surface area contributed by atoms with E-state index >= 15 is 0 Å². The van der Waals surface area contributed by atoms with Crippen molar-refractivity contribution in [3.8, 4) is 22.6 Å². The molecule has 0 bridgehead atoms. The average Bonchev–Trinajstić information content (AvgIpc) is 3.13. The fraction of sp³-hybridized carbons (Fsp3) is 0.208. The number of fused-ring (bicyclic) bond motifs is 1. The second kappa shape index (κ2) is 9.06. The van der Waals surface area contributed by atoms with Gasteiger partial charge in [0.1, 0.15) is 16.9 Å². The number of benzene rings is 2. The Labute approximate surface area is 202 Å². The minimum atomic E-state index is -4.60. The third-order valence-electron chi connectivity index (χ3n) is 4.63. The normalized spacial score (nSPS) is 11.9. The number of rotatable bonds is 4. The Bertz CT molecular complexity index is 1400. The first-order valence-electron chi connectivity index (χ1n) is 10.4. The summed E-state index contributed by atoms with van der Waals surface area (Å²) in [7, 11) is 0. The monoisotopic (exact) mass is 502 g/mol. The highest BCUT2D eigenvalue weighted by Gasteiger charge is 2.31. The largest absolute Gasteiger partial charge is 0.453 e. The number of aromatic nitrogens is 2. The lowest BCUT2D eigenvalue weighted by atomic mass is 10.0. The Morgan fingerprint density at radius 2 is 1.86 bits per heavy atom. The maximum Gasteiger partial charge on any atom is 0.416 e. The molecule has 0 fully saturated rings. The summed E-state index contributed by atoms with van der Waals surface area (Å²) in [4.78, 5) is 20.8. The number of para-hydroxylation sites is 1. The van der Waals surface area contributed by atoms with Gasteiger partial charge in [-0.15, -0.1) is 0 Å². The van der Waals surface area contributed by atoms with Crippen LogP contribution in [0.1, 0.15) is 26.3 Å². The molecule has 2 aromatic carbocycles. The lowest BCUT2D eigenvalue weighted by Gasteiger charge is -2.21. The Kier molecular flexibility index (Phi) is 6.28. The molecule has 4 rings (SSSR count). The third kappa shape index (κ3) is 5.80. The van der Waals surface area contributed by atoms with E-state index in [0.29, 0.717) is 33.3 Å². The molecule has 3 N–H and O–H groups in total. The van der Waals surface area contributed by atoms with Crippen LogP contribution in [0.25, 0.3) is 21.3 Å². The zero-order valence-electron chi connectivity index (χ0n) is 18.9. The zero-order chi connectivity index (χ0) is 25.4. The summed E-state index contributed by atoms with van der Waals surface area (Å²) in [5.41, 5.74) is 5.29. The van der Waals surface area contributed by atoms with Gasteiger partial charge < -0.3 is 15.2 Å². The second-order valence-corrected chi connectivity index (χ2v) is 9.61. The highest BCUT2D eigenvalue weighted by molar-refractivity contribution is 7.22. The van der Waals surface area contributed by atoms with Crippen LogP contribution in [0.4, 0.5) is 28.8 Å². The molecule has 182 valence electrons. The summed E-state index contributed by atoms with van der Waals surface area (Å²) in [6.07, 6.45) is -2.56. The minimum Gasteiger partial charge on any atom is -0.453 e. The van der Waals surface area contributed by atoms with Gasteiger partial charge in [-0.3, -0.25) is 10.3 Å². The lowest BCUT2D eigenvalue weighted by Crippen LogP contribution is -2.27. The van der Waals surface area contributed by atoms with Crippen molar-refractivity contribution < 1.29 is 27.4 Å². The summed E-state index contributed by atoms with van der Waals surface area (Å²) in [6.45, 7) is 4.96. The fourth-order valence-corrected chi connectivity index (χ4v) is 4.01. The molecule has 7 nitrogen and oxygen atoms in total. The van der Waals surface area contributed by atoms with Gasteiger partial charge in [0.25, 0.3) is 0 Å². The maximum absolute atomic E-state index is 13.4. The van der Waals surface area contributed by atoms with Gasteiger partial charge in [0.15, 0.2) is 10.9 Å². The standard InChI is InChI=1S/C24H21F3N4O3S/c1-23(2,3)34-22(32)30-17-10-14(24(25,26)27)7-8-16(17)13-9-15(12-29-11-13)33-18-5-4-6-19-20(18)31-21(28)35-19/h4-12H,1-3H3,(H2,28,31)(H,30,32). The molecular formula is C24H21F3N4O3S. The first-order valence-corrected chi connectivity index (χ1v) is 11.2. The number of nitrogens with one attached hydrogen (secondary N) is 1. The number of pyridine rings is 1. The number of amides is 1. The van der Waals surface area contributed by atoms with Crippen molar-refractivity contribution in [1.82, 2.24) is 9.97 Å². The van der Waals surface area contributed by atoms with Crippen molar-refractivity contribution in [2.75, 3.05) is 11.1 Å². The van der Waals surface area contributed by atoms with Gasteiger partial charge in [-0.05, 0) is 51.1 Å². The third-order valence-corrected chi connectivity index (χ3v) is 5.48. The topological polar surface area (TPSA) is 99.4 Å². The van der Waals surface area contributed by atoms with Gasteiger partial charge in [0.05, 0.1) is 22.1 Å². The molecule has 2 aromatic heterocycles. The van der Waals surface area contributed by atoms with Crippen molar-refractivity contribution in [2.45, 2.75) is 32.5 Å². The SMILES string of the molecule is CC(C)(C)OC(=O)Nc1cc(C(F)(F)F)ccc1-c1cncc(Oc2cccc3sc(N)nc23)c1. The number of ether oxygens (including phenoxy) is 2. The smallest absolute Gasteiger partial charge is 0.416 e. The van der Waals surface area contributed by atoms with Gasteiger partial charge in [-0.1, -0.05) is 23.5 Å². The van der Waals surface area contributed by atoms with Crippen LogP contribution in [0.3, 0.4) is 0 Å². The lowest BCUT2D eigenvalue weighted by molar-refractivity contribution is -0.137. The number of carbonyl (C=O) groups is 1. The molecule has 4 aromatic rings. The first-order chi connectivity index (χ1) is 16.4. The van der Waals surface area contributed by atoms with Gasteiger partial charge >= 0.3 is 12.3 Å². The Morgan fingerprint density at radius 1 is 1.09 bits per heavy atom. The van der Waals surface area contributed by atoms with E-state index in [1.165, 1.54) is 29.8 Å². The predicted octanol–water partition coefficient (Wildman–Crippen LogP) is 7.10. The molecule has 0 atom stereocenters. The zero-order valence-corrected chi connectivity index (χ0v) is 19.8. The molecule has 35 heavy (non-hydrogen) atoms. The van der Waals surface area contributed by atoms with Crippen molar-refractivity contribution in [1.29, 1.82) is 0 Å². The number of halogens is 3. The summed E-state index contributed by atoms with van der Waals surface area (Å²) in [6, 6.07) is 10.0. The summed E-state index contributed by atoms with van der Waals surface area (Å²) < 4.78 is 52.1. The molecule has 1 amide bonds. The quantitative estimate of drug-likeness (QED) is 0.309. The van der Waals surface area contributed by atoms with Crippen molar-refractivity contribution in [3.05, 3.63) is 60.4 Å². The van der Waals surface area contributed by atoms with E-state index in [1.54, 1.807) is 39.0 Å². The molecule has 0 radical (unpaired) electrons. The molecule has 11 heteroatoms. The highest BCUT2D eigenvalue weighted by Crippen LogP contribution is 2.38. The predicted molar refractivity (Wildman–Crippen MR) is 129 cm³/mol. The number of nitrogen functional groups attached to an aromatic ring is 1. The van der Waals surface area contributed by atoms with E-state index in [1.807, 2.05) is 6.07 Å². The van der Waals surface area contributed by atoms with Crippen LogP contribution < -0.4 is 15.8 Å². The van der Waals surface area contributed by atoms with E-state index < -0.39 is 23.4 Å². The van der Waals surface area contributed by atoms with E-state index in [-0.39, 0.29) is 5.69 Å². The average molecular weight is 503 g/mol. The molecule has 0 spiro atoms. The van der Waals surface area contributed by atoms with Gasteiger partial charge in [0.2, 0.25) is 0 Å². The van der Waals surface area contributed by atoms with E-state index in [2.05, 4.69) is 15.3 Å². The molecule has 0 aliphatic heterocycles. The number of carbonyl (C=O) groups excluding carboxylic acids is 1. The number of hydrogen-bond acceptors (Lipinski definition) is 7. The molecular weight excluding hydrogens is 481 g/mol. The van der Waals surface area contributed by atoms with Crippen LogP contribution in [-0.4, -0.2) is 21.7 Å². The molecule has 0 saturated heterocycles. The van der Waals surface area contributed by atoms with Crippen LogP contribution in [-0.2, 0) is 10.9 Å². The molecule has 0 saturated carbocycles. The van der Waals surface area contributed by atoms with Crippen molar-refractivity contribution >= 4 is 38.5 Å². The summed E-state index contributed by atoms with van der Waals surface area (Å²) in [5.74, 6) is 0.776. The Hall–Kier alpha value is -3.86. The van der Waals surface area contributed by atoms with Gasteiger partial charge in [0, 0.05) is 17.3 Å². The molecule has 2 heterocycles. The number of hydrogen-bond donors (Lipinski definition) is 2. The summed E-state index contributed by atoms with van der Waals surface area (Å²) in [5, 5.41) is 2.82. The fourth-order valence-electron chi connectivity index (χ4n) is 3.26. The van der Waals surface area contributed by atoms with E-state index in [4.69, 9.17) is 15.2 Å². The molecule has 0 unspecified atom stereocenters. The van der Waals surface area contributed by atoms with Gasteiger partial charge in [-0.25, -0.2) is 9.78 Å². The Balaban J connectivity index is 1.71. The minimum absolute atomic E-state index is 0.0811.